The number of anilines is 2. The maximum Gasteiger partial charge on any atom is 0.255 e. The van der Waals surface area contributed by atoms with Crippen LogP contribution < -0.4 is 9.80 Å². The summed E-state index contributed by atoms with van der Waals surface area (Å²) in [6, 6.07) is 3.97. The molecule has 2 fully saturated rings. The highest BCUT2D eigenvalue weighted by molar-refractivity contribution is 5.96. The molecule has 0 bridgehead atoms. The van der Waals surface area contributed by atoms with Crippen LogP contribution in [0.2, 0.25) is 0 Å². The third-order valence-electron chi connectivity index (χ3n) is 6.08. The fraction of sp³-hybridized carbons (Fsp3) is 0.478. The molecule has 0 spiro atoms. The lowest BCUT2D eigenvalue weighted by molar-refractivity contribution is -0.107. The predicted molar refractivity (Wildman–Crippen MR) is 119 cm³/mol. The molecular formula is C23H29N5O3. The van der Waals surface area contributed by atoms with Gasteiger partial charge in [-0.1, -0.05) is 6.07 Å². The molecule has 8 heteroatoms. The fourth-order valence-corrected chi connectivity index (χ4v) is 4.10. The molecule has 1 N–H and O–H groups in total. The Kier molecular flexibility index (Phi) is 6.18. The van der Waals surface area contributed by atoms with Crippen molar-refractivity contribution < 1.29 is 14.7 Å². The Morgan fingerprint density at radius 1 is 1.13 bits per heavy atom. The van der Waals surface area contributed by atoms with Gasteiger partial charge in [-0.3, -0.25) is 14.5 Å². The van der Waals surface area contributed by atoms with Crippen molar-refractivity contribution in [3.8, 4) is 0 Å². The molecule has 2 aromatic rings. The van der Waals surface area contributed by atoms with Gasteiger partial charge in [0.05, 0.1) is 18.7 Å². The second kappa shape index (κ2) is 9.01. The maximum absolute atomic E-state index is 13.1. The second-order valence-electron chi connectivity index (χ2n) is 8.34. The summed E-state index contributed by atoms with van der Waals surface area (Å²) in [7, 11) is 0. The first-order chi connectivity index (χ1) is 15.0. The first-order valence-electron chi connectivity index (χ1n) is 10.8. The van der Waals surface area contributed by atoms with Gasteiger partial charge in [-0.25, -0.2) is 9.97 Å². The van der Waals surface area contributed by atoms with Gasteiger partial charge >= 0.3 is 0 Å². The summed E-state index contributed by atoms with van der Waals surface area (Å²) in [5.41, 5.74) is 3.83. The number of aliphatic hydroxyl groups is 1. The van der Waals surface area contributed by atoms with Gasteiger partial charge in [0.15, 0.2) is 0 Å². The molecule has 1 saturated carbocycles. The highest BCUT2D eigenvalue weighted by atomic mass is 16.3. The van der Waals surface area contributed by atoms with Crippen molar-refractivity contribution in [2.24, 2.45) is 0 Å². The Bertz CT molecular complexity index is 968. The second-order valence-corrected chi connectivity index (χ2v) is 8.34. The molecule has 2 amide bonds. The number of aryl methyl sites for hydroxylation is 2. The molecule has 1 aliphatic carbocycles. The van der Waals surface area contributed by atoms with E-state index in [1.807, 2.05) is 18.0 Å². The molecule has 3 heterocycles. The highest BCUT2D eigenvalue weighted by Crippen LogP contribution is 2.40. The Hall–Kier alpha value is -3.00. The standard InChI is InChI=1S/C23H29N5O3/c1-16-12-21(28(15-30)9-10-29)24-14-20(16)23(31)27-7-5-26(6-8-27)22-17(2)11-19(13-25-22)18-3-4-18/h11-15,18,29H,3-10H2,1-2H3. The Labute approximate surface area is 182 Å². The largest absolute Gasteiger partial charge is 0.395 e. The predicted octanol–water partition coefficient (Wildman–Crippen LogP) is 1.89. The number of piperazine rings is 1. The molecule has 0 atom stereocenters. The van der Waals surface area contributed by atoms with Crippen molar-refractivity contribution in [3.63, 3.8) is 0 Å². The molecule has 2 aliphatic rings. The molecule has 0 unspecified atom stereocenters. The van der Waals surface area contributed by atoms with Gasteiger partial charge in [-0.15, -0.1) is 0 Å². The molecule has 8 nitrogen and oxygen atoms in total. The van der Waals surface area contributed by atoms with Crippen LogP contribution in [0.25, 0.3) is 0 Å². The number of nitrogens with zero attached hydrogens (tertiary/aromatic N) is 5. The zero-order chi connectivity index (χ0) is 22.0. The van der Waals surface area contributed by atoms with Crippen molar-refractivity contribution >= 4 is 24.0 Å². The average Bonchev–Trinajstić information content (AvgIpc) is 3.62. The lowest BCUT2D eigenvalue weighted by atomic mass is 10.1. The number of aromatic nitrogens is 2. The van der Waals surface area contributed by atoms with Crippen LogP contribution in [-0.4, -0.2) is 71.6 Å². The number of amides is 2. The van der Waals surface area contributed by atoms with E-state index in [0.717, 1.165) is 24.5 Å². The van der Waals surface area contributed by atoms with Gasteiger partial charge in [-0.2, -0.15) is 0 Å². The SMILES string of the molecule is Cc1cc(N(C=O)CCO)ncc1C(=O)N1CCN(c2ncc(C3CC3)cc2C)CC1. The molecule has 1 aliphatic heterocycles. The first-order valence-corrected chi connectivity index (χ1v) is 10.8. The fourth-order valence-electron chi connectivity index (χ4n) is 4.10. The molecule has 0 radical (unpaired) electrons. The van der Waals surface area contributed by atoms with Gasteiger partial charge in [-0.05, 0) is 55.4 Å². The number of aliphatic hydroxyl groups excluding tert-OH is 1. The molecule has 2 aromatic heterocycles. The van der Waals surface area contributed by atoms with E-state index in [0.29, 0.717) is 36.8 Å². The van der Waals surface area contributed by atoms with Crippen molar-refractivity contribution in [3.05, 3.63) is 46.8 Å². The molecule has 164 valence electrons. The van der Waals surface area contributed by atoms with E-state index in [4.69, 9.17) is 10.1 Å². The molecule has 0 aromatic carbocycles. The summed E-state index contributed by atoms with van der Waals surface area (Å²) in [4.78, 5) is 38.7. The third-order valence-corrected chi connectivity index (χ3v) is 6.08. The number of hydrogen-bond donors (Lipinski definition) is 1. The minimum Gasteiger partial charge on any atom is -0.395 e. The van der Waals surface area contributed by atoms with Crippen LogP contribution in [0.3, 0.4) is 0 Å². The summed E-state index contributed by atoms with van der Waals surface area (Å²) >= 11 is 0. The maximum atomic E-state index is 13.1. The average molecular weight is 424 g/mol. The van der Waals surface area contributed by atoms with Gasteiger partial charge in [0.1, 0.15) is 11.6 Å². The smallest absolute Gasteiger partial charge is 0.255 e. The van der Waals surface area contributed by atoms with Crippen LogP contribution in [-0.2, 0) is 4.79 Å². The summed E-state index contributed by atoms with van der Waals surface area (Å²) in [5, 5.41) is 9.08. The van der Waals surface area contributed by atoms with Crippen molar-refractivity contribution in [1.29, 1.82) is 0 Å². The number of hydrogen-bond acceptors (Lipinski definition) is 6. The van der Waals surface area contributed by atoms with Crippen molar-refractivity contribution in [2.75, 3.05) is 49.1 Å². The molecular weight excluding hydrogens is 394 g/mol. The molecule has 1 saturated heterocycles. The highest BCUT2D eigenvalue weighted by Gasteiger charge is 2.27. The summed E-state index contributed by atoms with van der Waals surface area (Å²) in [6.07, 6.45) is 6.70. The van der Waals surface area contributed by atoms with Crippen LogP contribution in [0.15, 0.2) is 24.5 Å². The third kappa shape index (κ3) is 4.54. The summed E-state index contributed by atoms with van der Waals surface area (Å²) in [5.74, 6) is 2.08. The van der Waals surface area contributed by atoms with E-state index >= 15 is 0 Å². The lowest BCUT2D eigenvalue weighted by Crippen LogP contribution is -2.49. The number of carbonyl (C=O) groups excluding carboxylic acids is 2. The van der Waals surface area contributed by atoms with Crippen LogP contribution in [0.5, 0.6) is 0 Å². The Balaban J connectivity index is 1.40. The van der Waals surface area contributed by atoms with E-state index in [9.17, 15) is 9.59 Å². The number of pyridine rings is 2. The summed E-state index contributed by atoms with van der Waals surface area (Å²) < 4.78 is 0. The zero-order valence-corrected chi connectivity index (χ0v) is 18.1. The lowest BCUT2D eigenvalue weighted by Gasteiger charge is -2.36. The quantitative estimate of drug-likeness (QED) is 0.684. The first kappa shape index (κ1) is 21.2. The minimum absolute atomic E-state index is 0.0511. The Morgan fingerprint density at radius 2 is 1.87 bits per heavy atom. The van der Waals surface area contributed by atoms with Crippen molar-refractivity contribution in [2.45, 2.75) is 32.6 Å². The molecule has 4 rings (SSSR count). The number of rotatable bonds is 7. The van der Waals surface area contributed by atoms with Crippen LogP contribution in [0.1, 0.15) is 45.8 Å². The van der Waals surface area contributed by atoms with Gasteiger partial charge in [0, 0.05) is 38.6 Å². The van der Waals surface area contributed by atoms with Gasteiger partial charge < -0.3 is 14.9 Å². The van der Waals surface area contributed by atoms with Crippen LogP contribution in [0, 0.1) is 13.8 Å². The normalized spacial score (nSPS) is 16.4. The summed E-state index contributed by atoms with van der Waals surface area (Å²) in [6.45, 7) is 6.69. The monoisotopic (exact) mass is 423 g/mol. The molecule has 31 heavy (non-hydrogen) atoms. The van der Waals surface area contributed by atoms with E-state index in [1.54, 1.807) is 6.07 Å². The zero-order valence-electron chi connectivity index (χ0n) is 18.1. The van der Waals surface area contributed by atoms with E-state index in [2.05, 4.69) is 22.9 Å². The topological polar surface area (TPSA) is 89.9 Å². The van der Waals surface area contributed by atoms with Crippen LogP contribution in [0.4, 0.5) is 11.6 Å². The van der Waals surface area contributed by atoms with Gasteiger partial charge in [0.25, 0.3) is 5.91 Å². The van der Waals surface area contributed by atoms with E-state index < -0.39 is 0 Å². The van der Waals surface area contributed by atoms with Crippen LogP contribution >= 0.6 is 0 Å². The number of carbonyl (C=O) groups is 2. The Morgan fingerprint density at radius 3 is 2.45 bits per heavy atom. The van der Waals surface area contributed by atoms with E-state index in [1.165, 1.54) is 35.1 Å². The van der Waals surface area contributed by atoms with E-state index in [-0.39, 0.29) is 19.1 Å². The van der Waals surface area contributed by atoms with Crippen molar-refractivity contribution in [1.82, 2.24) is 14.9 Å². The minimum atomic E-state index is -0.151. The van der Waals surface area contributed by atoms with Gasteiger partial charge in [0.2, 0.25) is 6.41 Å².